The maximum Gasteiger partial charge on any atom is 1.00 e. The van der Waals surface area contributed by atoms with Crippen LogP contribution in [0.2, 0.25) is 0 Å². The van der Waals surface area contributed by atoms with Gasteiger partial charge in [0.2, 0.25) is 0 Å². The molecular formula is C19H36CsNO2. The molecule has 4 heteroatoms. The maximum absolute atomic E-state index is 10.9. The quantitative estimate of drug-likeness (QED) is 0.470. The fourth-order valence-electron chi connectivity index (χ4n) is 3.73. The molecule has 0 aromatic rings. The average Bonchev–Trinajstić information content (AvgIpc) is 2.49. The molecule has 0 spiro atoms. The van der Waals surface area contributed by atoms with Gasteiger partial charge in [-0.1, -0.05) is 46.5 Å². The zero-order chi connectivity index (χ0) is 16.4. The van der Waals surface area contributed by atoms with E-state index in [1.807, 2.05) is 0 Å². The van der Waals surface area contributed by atoms with Gasteiger partial charge in [0.05, 0.1) is 0 Å². The zero-order valence-electron chi connectivity index (χ0n) is 16.0. The van der Waals surface area contributed by atoms with E-state index < -0.39 is 5.97 Å². The Kier molecular flexibility index (Phi) is 15.6. The zero-order valence-corrected chi connectivity index (χ0v) is 22.3. The summed E-state index contributed by atoms with van der Waals surface area (Å²) < 4.78 is 0. The van der Waals surface area contributed by atoms with Crippen molar-refractivity contribution in [1.82, 2.24) is 4.90 Å². The molecule has 3 nitrogen and oxygen atoms in total. The number of carboxylic acid groups (broad SMARTS) is 1. The molecule has 1 fully saturated rings. The summed E-state index contributed by atoms with van der Waals surface area (Å²) in [4.78, 5) is 13.6. The Morgan fingerprint density at radius 1 is 1.13 bits per heavy atom. The second kappa shape index (κ2) is 14.6. The number of nitrogens with zero attached hydrogens (tertiary/aromatic N) is 1. The number of aliphatic carboxylic acids is 1. The van der Waals surface area contributed by atoms with Crippen molar-refractivity contribution in [2.75, 3.05) is 13.1 Å². The Morgan fingerprint density at radius 2 is 1.74 bits per heavy atom. The van der Waals surface area contributed by atoms with Gasteiger partial charge in [-0.2, -0.15) is 0 Å². The van der Waals surface area contributed by atoms with Crippen LogP contribution < -0.4 is 74.0 Å². The molecule has 0 heterocycles. The summed E-state index contributed by atoms with van der Waals surface area (Å²) in [5.41, 5.74) is 0. The molecule has 1 saturated carbocycles. The number of hydrogen-bond donors (Lipinski definition) is 0. The Balaban J connectivity index is 0.00000484. The predicted molar refractivity (Wildman–Crippen MR) is 90.5 cm³/mol. The molecule has 1 aliphatic carbocycles. The monoisotopic (exact) mass is 443 g/mol. The van der Waals surface area contributed by atoms with Crippen LogP contribution in [0.1, 0.15) is 85.0 Å². The third-order valence-corrected chi connectivity index (χ3v) is 5.28. The van der Waals surface area contributed by atoms with E-state index in [2.05, 4.69) is 25.7 Å². The standard InChI is InChI=1S/C19H37NO2.Cs/c1-4-5-13-20(18-11-7-6-8-12-18)14-9-10-17(16(2)3)15-19(21)22;/h16-18H,4-15H2,1-3H3,(H,21,22);/q;+1/p-1. The minimum Gasteiger partial charge on any atom is -0.550 e. The molecule has 0 N–H and O–H groups in total. The van der Waals surface area contributed by atoms with Crippen molar-refractivity contribution in [1.29, 1.82) is 0 Å². The minimum atomic E-state index is -0.895. The molecule has 23 heavy (non-hydrogen) atoms. The number of carbonyl (C=O) groups excluding carboxylic acids is 1. The van der Waals surface area contributed by atoms with Crippen LogP contribution in [0.25, 0.3) is 0 Å². The van der Waals surface area contributed by atoms with Crippen molar-refractivity contribution >= 4 is 5.97 Å². The number of hydrogen-bond acceptors (Lipinski definition) is 3. The van der Waals surface area contributed by atoms with Gasteiger partial charge in [-0.05, 0) is 63.5 Å². The van der Waals surface area contributed by atoms with Gasteiger partial charge in [0.15, 0.2) is 0 Å². The summed E-state index contributed by atoms with van der Waals surface area (Å²) in [7, 11) is 0. The molecule has 1 unspecified atom stereocenters. The Hall–Kier alpha value is 1.48. The van der Waals surface area contributed by atoms with Crippen LogP contribution in [0, 0.1) is 11.8 Å². The second-order valence-corrected chi connectivity index (χ2v) is 7.40. The van der Waals surface area contributed by atoms with E-state index in [1.165, 1.54) is 51.5 Å². The first-order valence-corrected chi connectivity index (χ1v) is 9.48. The second-order valence-electron chi connectivity index (χ2n) is 7.40. The molecule has 0 aromatic carbocycles. The van der Waals surface area contributed by atoms with Crippen LogP contribution in [0.4, 0.5) is 0 Å². The number of carboxylic acids is 1. The van der Waals surface area contributed by atoms with E-state index in [9.17, 15) is 9.90 Å². The summed E-state index contributed by atoms with van der Waals surface area (Å²) in [6, 6.07) is 0.777. The molecule has 0 bridgehead atoms. The summed E-state index contributed by atoms with van der Waals surface area (Å²) in [5.74, 6) is -0.199. The van der Waals surface area contributed by atoms with E-state index in [-0.39, 0.29) is 81.2 Å². The Bertz CT molecular complexity index is 304. The Morgan fingerprint density at radius 3 is 2.26 bits per heavy atom. The van der Waals surface area contributed by atoms with E-state index >= 15 is 0 Å². The summed E-state index contributed by atoms with van der Waals surface area (Å²) in [6.45, 7) is 8.87. The molecule has 1 atom stereocenters. The summed E-state index contributed by atoms with van der Waals surface area (Å²) >= 11 is 0. The SMILES string of the molecule is CCCCN(CCCC(CC(=O)[O-])C(C)C)C1CCCCC1.[Cs+]. The first-order chi connectivity index (χ1) is 10.5. The average molecular weight is 443 g/mol. The molecular weight excluding hydrogens is 407 g/mol. The van der Waals surface area contributed by atoms with Gasteiger partial charge in [-0.3, -0.25) is 0 Å². The first kappa shape index (κ1) is 24.5. The van der Waals surface area contributed by atoms with Crippen LogP contribution in [-0.2, 0) is 4.79 Å². The van der Waals surface area contributed by atoms with Crippen LogP contribution in [0.5, 0.6) is 0 Å². The smallest absolute Gasteiger partial charge is 0.550 e. The molecule has 1 rings (SSSR count). The molecule has 0 radical (unpaired) electrons. The summed E-state index contributed by atoms with van der Waals surface area (Å²) in [6.07, 6.45) is 11.8. The topological polar surface area (TPSA) is 43.4 Å². The van der Waals surface area contributed by atoms with Crippen molar-refractivity contribution in [2.24, 2.45) is 11.8 Å². The summed E-state index contributed by atoms with van der Waals surface area (Å²) in [5, 5.41) is 10.9. The number of carbonyl (C=O) groups is 1. The van der Waals surface area contributed by atoms with Gasteiger partial charge >= 0.3 is 68.9 Å². The molecule has 0 aromatic heterocycles. The van der Waals surface area contributed by atoms with Crippen LogP contribution in [-0.4, -0.2) is 30.0 Å². The number of unbranched alkanes of at least 4 members (excludes halogenated alkanes) is 1. The third-order valence-electron chi connectivity index (χ3n) is 5.28. The fourth-order valence-corrected chi connectivity index (χ4v) is 3.73. The largest absolute Gasteiger partial charge is 1.00 e. The fraction of sp³-hybridized carbons (Fsp3) is 0.947. The maximum atomic E-state index is 10.9. The molecule has 0 saturated heterocycles. The normalized spacial score (nSPS) is 17.3. The molecule has 130 valence electrons. The predicted octanol–water partition coefficient (Wildman–Crippen LogP) is 0.618. The van der Waals surface area contributed by atoms with Crippen molar-refractivity contribution in [3.8, 4) is 0 Å². The van der Waals surface area contributed by atoms with Crippen molar-refractivity contribution < 1.29 is 78.8 Å². The van der Waals surface area contributed by atoms with Crippen molar-refractivity contribution in [3.05, 3.63) is 0 Å². The van der Waals surface area contributed by atoms with Crippen LogP contribution in [0.3, 0.4) is 0 Å². The van der Waals surface area contributed by atoms with E-state index in [4.69, 9.17) is 0 Å². The van der Waals surface area contributed by atoms with E-state index in [0.717, 1.165) is 25.4 Å². The van der Waals surface area contributed by atoms with Gasteiger partial charge in [-0.15, -0.1) is 0 Å². The van der Waals surface area contributed by atoms with Crippen molar-refractivity contribution in [2.45, 2.75) is 91.0 Å². The third kappa shape index (κ3) is 10.9. The van der Waals surface area contributed by atoms with Gasteiger partial charge in [0.25, 0.3) is 0 Å². The van der Waals surface area contributed by atoms with E-state index in [1.54, 1.807) is 0 Å². The van der Waals surface area contributed by atoms with Gasteiger partial charge in [0.1, 0.15) is 0 Å². The van der Waals surface area contributed by atoms with Gasteiger partial charge < -0.3 is 14.8 Å². The van der Waals surface area contributed by atoms with E-state index in [0.29, 0.717) is 5.92 Å². The van der Waals surface area contributed by atoms with Crippen molar-refractivity contribution in [3.63, 3.8) is 0 Å². The Labute approximate surface area is 202 Å². The first-order valence-electron chi connectivity index (χ1n) is 9.48. The molecule has 0 aliphatic heterocycles. The number of rotatable bonds is 11. The van der Waals surface area contributed by atoms with Crippen LogP contribution in [0.15, 0.2) is 0 Å². The van der Waals surface area contributed by atoms with Gasteiger partial charge in [0, 0.05) is 12.0 Å². The molecule has 0 amide bonds. The molecule has 1 aliphatic rings. The van der Waals surface area contributed by atoms with Crippen LogP contribution >= 0.6 is 0 Å². The van der Waals surface area contributed by atoms with Gasteiger partial charge in [-0.25, -0.2) is 0 Å². The minimum absolute atomic E-state index is 0.